The molecule has 27 heavy (non-hydrogen) atoms. The van der Waals surface area contributed by atoms with Crippen LogP contribution in [0, 0.1) is 5.92 Å². The van der Waals surface area contributed by atoms with Crippen molar-refractivity contribution in [3.8, 4) is 0 Å². The molecule has 3 aromatic heterocycles. The van der Waals surface area contributed by atoms with E-state index in [0.29, 0.717) is 17.3 Å². The van der Waals surface area contributed by atoms with Gasteiger partial charge in [-0.2, -0.15) is 5.10 Å². The first-order valence-corrected chi connectivity index (χ1v) is 9.29. The Hall–Kier alpha value is -3.22. The van der Waals surface area contributed by atoms with Crippen LogP contribution in [0.4, 0.5) is 0 Å². The number of aromatic amines is 1. The molecule has 7 heteroatoms. The molecule has 4 aromatic rings. The number of hydrogen-bond donors (Lipinski definition) is 1. The van der Waals surface area contributed by atoms with E-state index >= 15 is 0 Å². The number of para-hydroxylation sites is 2. The minimum Gasteiger partial charge on any atom is -0.342 e. The SMILES string of the molecule is O=C(c1cc2ncccn2n1)N1CCC(Cc2nc3ccccc3[nH]2)CC1. The van der Waals surface area contributed by atoms with Gasteiger partial charge in [0.05, 0.1) is 11.0 Å². The minimum atomic E-state index is -0.0114. The summed E-state index contributed by atoms with van der Waals surface area (Å²) in [5.41, 5.74) is 3.26. The number of amides is 1. The van der Waals surface area contributed by atoms with Gasteiger partial charge in [0.15, 0.2) is 11.3 Å². The number of benzene rings is 1. The molecule has 1 N–H and O–H groups in total. The van der Waals surface area contributed by atoms with Crippen LogP contribution in [0.25, 0.3) is 16.7 Å². The average molecular weight is 360 g/mol. The molecule has 1 fully saturated rings. The maximum absolute atomic E-state index is 12.8. The van der Waals surface area contributed by atoms with E-state index in [4.69, 9.17) is 0 Å². The molecule has 0 atom stereocenters. The Bertz CT molecular complexity index is 1040. The van der Waals surface area contributed by atoms with E-state index in [1.54, 1.807) is 29.0 Å². The molecular weight excluding hydrogens is 340 g/mol. The van der Waals surface area contributed by atoms with Crippen molar-refractivity contribution in [3.63, 3.8) is 0 Å². The van der Waals surface area contributed by atoms with Crippen molar-refractivity contribution in [2.45, 2.75) is 19.3 Å². The largest absolute Gasteiger partial charge is 0.342 e. The Morgan fingerprint density at radius 3 is 2.85 bits per heavy atom. The molecular formula is C20H20N6O. The molecule has 0 aliphatic carbocycles. The number of nitrogens with zero attached hydrogens (tertiary/aromatic N) is 5. The van der Waals surface area contributed by atoms with Gasteiger partial charge >= 0.3 is 0 Å². The van der Waals surface area contributed by atoms with E-state index in [0.717, 1.165) is 49.2 Å². The molecule has 0 radical (unpaired) electrons. The molecule has 0 unspecified atom stereocenters. The number of imidazole rings is 1. The third-order valence-electron chi connectivity index (χ3n) is 5.28. The second kappa shape index (κ2) is 6.50. The fourth-order valence-electron chi connectivity index (χ4n) is 3.81. The van der Waals surface area contributed by atoms with Gasteiger partial charge in [-0.3, -0.25) is 4.79 Å². The summed E-state index contributed by atoms with van der Waals surface area (Å²) in [4.78, 5) is 27.0. The van der Waals surface area contributed by atoms with E-state index in [2.05, 4.69) is 26.1 Å². The normalized spacial score (nSPS) is 15.6. The second-order valence-corrected chi connectivity index (χ2v) is 7.09. The van der Waals surface area contributed by atoms with Crippen LogP contribution in [-0.2, 0) is 6.42 Å². The van der Waals surface area contributed by atoms with Crippen LogP contribution in [0.15, 0.2) is 48.8 Å². The van der Waals surface area contributed by atoms with Gasteiger partial charge in [-0.15, -0.1) is 0 Å². The van der Waals surface area contributed by atoms with Crippen molar-refractivity contribution in [3.05, 3.63) is 60.3 Å². The Labute approximate surface area is 156 Å². The van der Waals surface area contributed by atoms with Gasteiger partial charge in [-0.05, 0) is 37.0 Å². The standard InChI is InChI=1S/C20H20N6O/c27-20(17-13-19-21-8-3-9-26(19)24-17)25-10-6-14(7-11-25)12-18-22-15-4-1-2-5-16(15)23-18/h1-5,8-9,13-14H,6-7,10-12H2,(H,22,23). The molecule has 4 heterocycles. The molecule has 7 nitrogen and oxygen atoms in total. The van der Waals surface area contributed by atoms with Gasteiger partial charge in [0.1, 0.15) is 5.82 Å². The minimum absolute atomic E-state index is 0.0114. The van der Waals surface area contributed by atoms with Crippen molar-refractivity contribution >= 4 is 22.6 Å². The second-order valence-electron chi connectivity index (χ2n) is 7.09. The number of H-pyrrole nitrogens is 1. The van der Waals surface area contributed by atoms with Crippen molar-refractivity contribution in [1.29, 1.82) is 0 Å². The first-order valence-electron chi connectivity index (χ1n) is 9.29. The number of aromatic nitrogens is 5. The van der Waals surface area contributed by atoms with Gasteiger partial charge in [-0.25, -0.2) is 14.5 Å². The van der Waals surface area contributed by atoms with Crippen LogP contribution in [0.5, 0.6) is 0 Å². The van der Waals surface area contributed by atoms with Crippen molar-refractivity contribution < 1.29 is 4.79 Å². The third kappa shape index (κ3) is 3.05. The maximum Gasteiger partial charge on any atom is 0.274 e. The lowest BCUT2D eigenvalue weighted by Gasteiger charge is -2.31. The number of carbonyl (C=O) groups is 1. The molecule has 1 saturated heterocycles. The van der Waals surface area contributed by atoms with Gasteiger partial charge in [0.25, 0.3) is 5.91 Å². The molecule has 0 saturated carbocycles. The number of nitrogens with one attached hydrogen (secondary N) is 1. The third-order valence-corrected chi connectivity index (χ3v) is 5.28. The van der Waals surface area contributed by atoms with Crippen LogP contribution >= 0.6 is 0 Å². The summed E-state index contributed by atoms with van der Waals surface area (Å²) >= 11 is 0. The first-order chi connectivity index (χ1) is 13.3. The van der Waals surface area contributed by atoms with E-state index in [9.17, 15) is 4.79 Å². The zero-order valence-electron chi connectivity index (χ0n) is 14.9. The summed E-state index contributed by atoms with van der Waals surface area (Å²) in [5.74, 6) is 1.56. The maximum atomic E-state index is 12.8. The predicted molar refractivity (Wildman–Crippen MR) is 101 cm³/mol. The van der Waals surface area contributed by atoms with E-state index in [1.165, 1.54) is 0 Å². The predicted octanol–water partition coefficient (Wildman–Crippen LogP) is 2.70. The Kier molecular flexibility index (Phi) is 3.85. The molecule has 1 aliphatic rings. The molecule has 0 bridgehead atoms. The van der Waals surface area contributed by atoms with Crippen LogP contribution < -0.4 is 0 Å². The smallest absolute Gasteiger partial charge is 0.274 e. The number of carbonyl (C=O) groups excluding carboxylic acids is 1. The lowest BCUT2D eigenvalue weighted by atomic mass is 9.93. The number of fused-ring (bicyclic) bond motifs is 2. The summed E-state index contributed by atoms with van der Waals surface area (Å²) in [5, 5.41) is 4.35. The van der Waals surface area contributed by atoms with E-state index < -0.39 is 0 Å². The van der Waals surface area contributed by atoms with Crippen LogP contribution in [-0.4, -0.2) is 48.5 Å². The summed E-state index contributed by atoms with van der Waals surface area (Å²) in [6.07, 6.45) is 6.39. The Morgan fingerprint density at radius 2 is 2.04 bits per heavy atom. The van der Waals surface area contributed by atoms with E-state index in [1.807, 2.05) is 23.1 Å². The molecule has 0 spiro atoms. The highest BCUT2D eigenvalue weighted by molar-refractivity contribution is 5.93. The van der Waals surface area contributed by atoms with Gasteiger partial charge in [-0.1, -0.05) is 12.1 Å². The quantitative estimate of drug-likeness (QED) is 0.609. The van der Waals surface area contributed by atoms with E-state index in [-0.39, 0.29) is 5.91 Å². The number of likely N-dealkylation sites (tertiary alicyclic amines) is 1. The fourth-order valence-corrected chi connectivity index (χ4v) is 3.81. The van der Waals surface area contributed by atoms with Crippen molar-refractivity contribution in [2.24, 2.45) is 5.92 Å². The summed E-state index contributed by atoms with van der Waals surface area (Å²) in [7, 11) is 0. The summed E-state index contributed by atoms with van der Waals surface area (Å²) in [6.45, 7) is 1.51. The monoisotopic (exact) mass is 360 g/mol. The highest BCUT2D eigenvalue weighted by atomic mass is 16.2. The fraction of sp³-hybridized carbons (Fsp3) is 0.300. The number of piperidine rings is 1. The average Bonchev–Trinajstić information content (AvgIpc) is 3.31. The molecule has 1 aromatic carbocycles. The van der Waals surface area contributed by atoms with Crippen LogP contribution in [0.2, 0.25) is 0 Å². The summed E-state index contributed by atoms with van der Waals surface area (Å²) in [6, 6.07) is 11.7. The highest BCUT2D eigenvalue weighted by Gasteiger charge is 2.26. The number of hydrogen-bond acceptors (Lipinski definition) is 4. The Balaban J connectivity index is 1.23. The van der Waals surface area contributed by atoms with Gasteiger partial charge in [0, 0.05) is 38.0 Å². The van der Waals surface area contributed by atoms with Gasteiger partial charge < -0.3 is 9.88 Å². The molecule has 1 aliphatic heterocycles. The number of rotatable bonds is 3. The zero-order valence-corrected chi connectivity index (χ0v) is 14.9. The van der Waals surface area contributed by atoms with Crippen LogP contribution in [0.1, 0.15) is 29.2 Å². The first kappa shape index (κ1) is 16.0. The van der Waals surface area contributed by atoms with Crippen molar-refractivity contribution in [2.75, 3.05) is 13.1 Å². The topological polar surface area (TPSA) is 79.2 Å². The van der Waals surface area contributed by atoms with Crippen LogP contribution in [0.3, 0.4) is 0 Å². The van der Waals surface area contributed by atoms with Crippen molar-refractivity contribution in [1.82, 2.24) is 29.5 Å². The lowest BCUT2D eigenvalue weighted by Crippen LogP contribution is -2.39. The molecule has 136 valence electrons. The highest BCUT2D eigenvalue weighted by Crippen LogP contribution is 2.23. The van der Waals surface area contributed by atoms with Gasteiger partial charge in [0.2, 0.25) is 0 Å². The summed E-state index contributed by atoms with van der Waals surface area (Å²) < 4.78 is 1.64. The lowest BCUT2D eigenvalue weighted by molar-refractivity contribution is 0.0683. The Morgan fingerprint density at radius 1 is 1.19 bits per heavy atom. The molecule has 1 amide bonds. The molecule has 5 rings (SSSR count). The zero-order chi connectivity index (χ0) is 18.2.